The highest BCUT2D eigenvalue weighted by molar-refractivity contribution is 6.06. The Balaban J connectivity index is 2.18. The molecule has 0 saturated heterocycles. The van der Waals surface area contributed by atoms with Gasteiger partial charge in [0.25, 0.3) is 0 Å². The van der Waals surface area contributed by atoms with E-state index in [9.17, 15) is 13.6 Å². The fraction of sp³-hybridized carbons (Fsp3) is 0.167. The van der Waals surface area contributed by atoms with Gasteiger partial charge in [0.05, 0.1) is 6.61 Å². The molecule has 0 N–H and O–H groups in total. The summed E-state index contributed by atoms with van der Waals surface area (Å²) in [6.45, 7) is -0.862. The van der Waals surface area contributed by atoms with Crippen LogP contribution in [0, 0.1) is 0 Å². The van der Waals surface area contributed by atoms with Crippen molar-refractivity contribution in [3.8, 4) is 11.5 Å². The van der Waals surface area contributed by atoms with Crippen molar-refractivity contribution in [2.45, 2.75) is 13.5 Å². The van der Waals surface area contributed by atoms with E-state index in [-0.39, 0.29) is 17.3 Å². The van der Waals surface area contributed by atoms with Gasteiger partial charge >= 0.3 is 6.61 Å². The van der Waals surface area contributed by atoms with E-state index in [1.165, 1.54) is 12.1 Å². The van der Waals surface area contributed by atoms with Crippen molar-refractivity contribution < 1.29 is 23.0 Å². The average molecular weight is 318 g/mol. The first kappa shape index (κ1) is 16.7. The third-order valence-electron chi connectivity index (χ3n) is 2.97. The lowest BCUT2D eigenvalue weighted by molar-refractivity contribution is -0.0514. The van der Waals surface area contributed by atoms with Gasteiger partial charge in [0.1, 0.15) is 0 Å². The maximum absolute atomic E-state index is 12.3. The highest BCUT2D eigenvalue weighted by Gasteiger charge is 2.11. The molecule has 0 atom stereocenters. The van der Waals surface area contributed by atoms with E-state index >= 15 is 0 Å². The third kappa shape index (κ3) is 4.92. The van der Waals surface area contributed by atoms with Crippen LogP contribution in [0.4, 0.5) is 8.78 Å². The first-order valence-electron chi connectivity index (χ1n) is 7.09. The Morgan fingerprint density at radius 3 is 2.52 bits per heavy atom. The van der Waals surface area contributed by atoms with Gasteiger partial charge < -0.3 is 9.47 Å². The van der Waals surface area contributed by atoms with Crippen LogP contribution in [0.1, 0.15) is 22.8 Å². The molecule has 0 radical (unpaired) electrons. The van der Waals surface area contributed by atoms with Crippen molar-refractivity contribution in [2.75, 3.05) is 6.61 Å². The number of benzene rings is 2. The second-order valence-corrected chi connectivity index (χ2v) is 4.58. The van der Waals surface area contributed by atoms with E-state index in [1.807, 2.05) is 6.07 Å². The van der Waals surface area contributed by atoms with Crippen LogP contribution < -0.4 is 9.47 Å². The summed E-state index contributed by atoms with van der Waals surface area (Å²) in [5, 5.41) is 0. The van der Waals surface area contributed by atoms with E-state index in [2.05, 4.69) is 4.74 Å². The van der Waals surface area contributed by atoms with E-state index in [0.717, 1.165) is 0 Å². The Kier molecular flexibility index (Phi) is 5.86. The number of ketones is 1. The third-order valence-corrected chi connectivity index (χ3v) is 2.97. The van der Waals surface area contributed by atoms with E-state index in [0.29, 0.717) is 17.7 Å². The van der Waals surface area contributed by atoms with Gasteiger partial charge in [-0.25, -0.2) is 0 Å². The normalized spacial score (nSPS) is 11.0. The number of halogens is 2. The molecule has 2 aromatic carbocycles. The monoisotopic (exact) mass is 318 g/mol. The Morgan fingerprint density at radius 2 is 1.87 bits per heavy atom. The summed E-state index contributed by atoms with van der Waals surface area (Å²) in [6.07, 6.45) is 3.03. The highest BCUT2D eigenvalue weighted by Crippen LogP contribution is 2.30. The van der Waals surface area contributed by atoms with E-state index in [4.69, 9.17) is 4.74 Å². The van der Waals surface area contributed by atoms with Gasteiger partial charge in [-0.3, -0.25) is 4.79 Å². The molecular weight excluding hydrogens is 302 g/mol. The number of carbonyl (C=O) groups excluding carboxylic acids is 1. The summed E-state index contributed by atoms with van der Waals surface area (Å²) in [4.78, 5) is 12.0. The molecule has 0 heterocycles. The molecule has 0 fully saturated rings. The van der Waals surface area contributed by atoms with Crippen LogP contribution in [0.5, 0.6) is 11.5 Å². The second kappa shape index (κ2) is 8.08. The summed E-state index contributed by atoms with van der Waals surface area (Å²) >= 11 is 0. The Labute approximate surface area is 133 Å². The Bertz CT molecular complexity index is 682. The summed E-state index contributed by atoms with van der Waals surface area (Å²) in [5.41, 5.74) is 1.23. The van der Waals surface area contributed by atoms with Crippen molar-refractivity contribution in [1.29, 1.82) is 0 Å². The van der Waals surface area contributed by atoms with Crippen LogP contribution in [0.25, 0.3) is 6.08 Å². The maximum Gasteiger partial charge on any atom is 0.387 e. The predicted molar refractivity (Wildman–Crippen MR) is 84.0 cm³/mol. The van der Waals surface area contributed by atoms with Crippen molar-refractivity contribution in [3.05, 3.63) is 65.7 Å². The van der Waals surface area contributed by atoms with Crippen molar-refractivity contribution >= 4 is 11.9 Å². The SMILES string of the molecule is CCOc1cc(C=CC(=O)c2ccccc2)ccc1OC(F)F. The maximum atomic E-state index is 12.3. The zero-order chi connectivity index (χ0) is 16.7. The molecule has 0 aromatic heterocycles. The highest BCUT2D eigenvalue weighted by atomic mass is 19.3. The fourth-order valence-corrected chi connectivity index (χ4v) is 1.96. The lowest BCUT2D eigenvalue weighted by Crippen LogP contribution is -2.04. The summed E-state index contributed by atoms with van der Waals surface area (Å²) in [7, 11) is 0. The van der Waals surface area contributed by atoms with Gasteiger partial charge in [-0.15, -0.1) is 0 Å². The minimum absolute atomic E-state index is 0.0339. The second-order valence-electron chi connectivity index (χ2n) is 4.58. The molecule has 0 amide bonds. The summed E-state index contributed by atoms with van der Waals surface area (Å²) in [6, 6.07) is 13.4. The molecule has 0 spiro atoms. The van der Waals surface area contributed by atoms with E-state index in [1.54, 1.807) is 49.4 Å². The van der Waals surface area contributed by atoms with Gasteiger partial charge in [0.15, 0.2) is 17.3 Å². The van der Waals surface area contributed by atoms with Crippen LogP contribution in [-0.4, -0.2) is 19.0 Å². The smallest absolute Gasteiger partial charge is 0.387 e. The van der Waals surface area contributed by atoms with Gasteiger partial charge in [-0.2, -0.15) is 8.78 Å². The predicted octanol–water partition coefficient (Wildman–Crippen LogP) is 4.58. The molecule has 0 aliphatic rings. The molecule has 0 unspecified atom stereocenters. The topological polar surface area (TPSA) is 35.5 Å². The molecule has 3 nitrogen and oxygen atoms in total. The molecule has 23 heavy (non-hydrogen) atoms. The first-order chi connectivity index (χ1) is 11.1. The number of carbonyl (C=O) groups is 1. The van der Waals surface area contributed by atoms with Gasteiger partial charge in [0, 0.05) is 5.56 Å². The van der Waals surface area contributed by atoms with Crippen molar-refractivity contribution in [3.63, 3.8) is 0 Å². The molecule has 0 bridgehead atoms. The number of hydrogen-bond donors (Lipinski definition) is 0. The van der Waals surface area contributed by atoms with Crippen LogP contribution in [0.15, 0.2) is 54.6 Å². The number of alkyl halides is 2. The molecular formula is C18H16F2O3. The van der Waals surface area contributed by atoms with Crippen LogP contribution in [0.3, 0.4) is 0 Å². The molecule has 0 aliphatic carbocycles. The van der Waals surface area contributed by atoms with Crippen LogP contribution >= 0.6 is 0 Å². The van der Waals surface area contributed by atoms with Gasteiger partial charge in [-0.1, -0.05) is 42.5 Å². The molecule has 0 aliphatic heterocycles. The van der Waals surface area contributed by atoms with Crippen molar-refractivity contribution in [2.24, 2.45) is 0 Å². The Morgan fingerprint density at radius 1 is 1.13 bits per heavy atom. The lowest BCUT2D eigenvalue weighted by Gasteiger charge is -2.11. The largest absolute Gasteiger partial charge is 0.490 e. The fourth-order valence-electron chi connectivity index (χ4n) is 1.96. The zero-order valence-electron chi connectivity index (χ0n) is 12.5. The summed E-state index contributed by atoms with van der Waals surface area (Å²) in [5.74, 6) is 0.0342. The Hall–Kier alpha value is -2.69. The van der Waals surface area contributed by atoms with Gasteiger partial charge in [0.2, 0.25) is 0 Å². The summed E-state index contributed by atoms with van der Waals surface area (Å²) < 4.78 is 34.4. The molecule has 120 valence electrons. The number of ether oxygens (including phenoxy) is 2. The van der Waals surface area contributed by atoms with Crippen LogP contribution in [-0.2, 0) is 0 Å². The first-order valence-corrected chi connectivity index (χ1v) is 7.09. The molecule has 0 saturated carbocycles. The van der Waals surface area contributed by atoms with E-state index < -0.39 is 6.61 Å². The standard InChI is InChI=1S/C18H16F2O3/c1-2-22-17-12-13(9-11-16(17)23-18(19)20)8-10-15(21)14-6-4-3-5-7-14/h3-12,18H,2H2,1H3. The number of hydrogen-bond acceptors (Lipinski definition) is 3. The molecule has 5 heteroatoms. The molecule has 2 rings (SSSR count). The van der Waals surface area contributed by atoms with Crippen molar-refractivity contribution in [1.82, 2.24) is 0 Å². The lowest BCUT2D eigenvalue weighted by atomic mass is 10.1. The number of rotatable bonds is 7. The molecule has 2 aromatic rings. The average Bonchev–Trinajstić information content (AvgIpc) is 2.55. The van der Waals surface area contributed by atoms with Gasteiger partial charge in [-0.05, 0) is 30.7 Å². The number of allylic oxidation sites excluding steroid dienone is 1. The zero-order valence-corrected chi connectivity index (χ0v) is 12.5. The van der Waals surface area contributed by atoms with Crippen LogP contribution in [0.2, 0.25) is 0 Å². The quantitative estimate of drug-likeness (QED) is 0.553. The minimum Gasteiger partial charge on any atom is -0.490 e. The minimum atomic E-state index is -2.92.